The summed E-state index contributed by atoms with van der Waals surface area (Å²) in [5.41, 5.74) is 2.01. The van der Waals surface area contributed by atoms with Crippen molar-refractivity contribution in [2.45, 2.75) is 6.92 Å². The lowest BCUT2D eigenvalue weighted by molar-refractivity contribution is 0.104. The number of nitriles is 1. The fourth-order valence-corrected chi connectivity index (χ4v) is 1.88. The van der Waals surface area contributed by atoms with Crippen LogP contribution in [0.4, 0.5) is 0 Å². The van der Waals surface area contributed by atoms with Gasteiger partial charge in [-0.15, -0.1) is 0 Å². The number of nitrogens with zero attached hydrogens (tertiary/aromatic N) is 1. The Bertz CT molecular complexity index is 694. The lowest BCUT2D eigenvalue weighted by Gasteiger charge is -2.06. The number of para-hydroxylation sites is 1. The van der Waals surface area contributed by atoms with E-state index in [0.29, 0.717) is 23.5 Å². The second-order valence-corrected chi connectivity index (χ2v) is 4.36. The van der Waals surface area contributed by atoms with Crippen molar-refractivity contribution in [1.29, 1.82) is 5.26 Å². The van der Waals surface area contributed by atoms with Crippen LogP contribution in [0.3, 0.4) is 0 Å². The molecule has 2 aromatic carbocycles. The Hall–Kier alpha value is -2.86. The molecule has 0 saturated carbocycles. The summed E-state index contributed by atoms with van der Waals surface area (Å²) >= 11 is 0. The highest BCUT2D eigenvalue weighted by molar-refractivity contribution is 6.08. The van der Waals surface area contributed by atoms with Crippen LogP contribution in [0.15, 0.2) is 54.6 Å². The maximum Gasteiger partial charge on any atom is 0.189 e. The van der Waals surface area contributed by atoms with Gasteiger partial charge in [-0.25, -0.2) is 0 Å². The number of ketones is 1. The van der Waals surface area contributed by atoms with Crippen molar-refractivity contribution in [2.75, 3.05) is 6.61 Å². The number of hydrogen-bond donors (Lipinski definition) is 0. The van der Waals surface area contributed by atoms with Gasteiger partial charge in [0, 0.05) is 0 Å². The van der Waals surface area contributed by atoms with Crippen LogP contribution in [0.5, 0.6) is 5.75 Å². The number of benzene rings is 2. The second-order valence-electron chi connectivity index (χ2n) is 4.36. The molecule has 0 unspecified atom stereocenters. The number of carbonyl (C=O) groups is 1. The Morgan fingerprint density at radius 3 is 2.57 bits per heavy atom. The fraction of sp³-hybridized carbons (Fsp3) is 0.111. The van der Waals surface area contributed by atoms with E-state index in [9.17, 15) is 4.79 Å². The molecule has 0 bridgehead atoms. The van der Waals surface area contributed by atoms with Crippen LogP contribution in [-0.4, -0.2) is 12.4 Å². The molecule has 3 nitrogen and oxygen atoms in total. The first-order valence-electron chi connectivity index (χ1n) is 6.69. The molecule has 0 aliphatic rings. The minimum atomic E-state index is -0.108. The van der Waals surface area contributed by atoms with Gasteiger partial charge in [0.15, 0.2) is 5.78 Å². The molecule has 104 valence electrons. The topological polar surface area (TPSA) is 50.1 Å². The molecule has 0 amide bonds. The average Bonchev–Trinajstić information content (AvgIpc) is 2.54. The summed E-state index contributed by atoms with van der Waals surface area (Å²) < 4.78 is 5.45. The van der Waals surface area contributed by atoms with Gasteiger partial charge >= 0.3 is 0 Å². The van der Waals surface area contributed by atoms with Crippen molar-refractivity contribution in [2.24, 2.45) is 0 Å². The van der Waals surface area contributed by atoms with E-state index in [1.165, 1.54) is 6.08 Å². The first-order chi connectivity index (χ1) is 10.2. The molecule has 0 fully saturated rings. The Morgan fingerprint density at radius 1 is 1.19 bits per heavy atom. The highest BCUT2D eigenvalue weighted by Gasteiger charge is 2.08. The summed E-state index contributed by atoms with van der Waals surface area (Å²) in [4.78, 5) is 12.2. The Morgan fingerprint density at radius 2 is 1.90 bits per heavy atom. The monoisotopic (exact) mass is 277 g/mol. The third-order valence-corrected chi connectivity index (χ3v) is 2.92. The SMILES string of the molecule is CCOc1ccccc1C(=O)C=Cc1ccc(C#N)cc1. The largest absolute Gasteiger partial charge is 0.493 e. The van der Waals surface area contributed by atoms with Crippen molar-refractivity contribution in [3.05, 3.63) is 71.3 Å². The molecular weight excluding hydrogens is 262 g/mol. The van der Waals surface area contributed by atoms with E-state index in [2.05, 4.69) is 6.07 Å². The van der Waals surface area contributed by atoms with Crippen LogP contribution >= 0.6 is 0 Å². The number of hydrogen-bond acceptors (Lipinski definition) is 3. The minimum Gasteiger partial charge on any atom is -0.493 e. The van der Waals surface area contributed by atoms with Gasteiger partial charge in [0.2, 0.25) is 0 Å². The van der Waals surface area contributed by atoms with Gasteiger partial charge in [0.05, 0.1) is 23.8 Å². The van der Waals surface area contributed by atoms with Crippen LogP contribution in [0.2, 0.25) is 0 Å². The molecule has 21 heavy (non-hydrogen) atoms. The first kappa shape index (κ1) is 14.5. The molecule has 0 heterocycles. The van der Waals surface area contributed by atoms with Crippen LogP contribution in [0.1, 0.15) is 28.4 Å². The highest BCUT2D eigenvalue weighted by atomic mass is 16.5. The molecule has 3 heteroatoms. The molecule has 0 aliphatic heterocycles. The summed E-state index contributed by atoms with van der Waals surface area (Å²) in [5, 5.41) is 8.74. The third-order valence-electron chi connectivity index (χ3n) is 2.92. The zero-order valence-electron chi connectivity index (χ0n) is 11.7. The summed E-state index contributed by atoms with van der Waals surface area (Å²) in [6.45, 7) is 2.40. The van der Waals surface area contributed by atoms with Gasteiger partial charge in [-0.2, -0.15) is 5.26 Å². The van der Waals surface area contributed by atoms with Crippen LogP contribution in [-0.2, 0) is 0 Å². The van der Waals surface area contributed by atoms with E-state index >= 15 is 0 Å². The number of rotatable bonds is 5. The smallest absolute Gasteiger partial charge is 0.189 e. The normalized spacial score (nSPS) is 10.3. The third kappa shape index (κ3) is 3.80. The van der Waals surface area contributed by atoms with E-state index in [-0.39, 0.29) is 5.78 Å². The van der Waals surface area contributed by atoms with E-state index in [0.717, 1.165) is 5.56 Å². The van der Waals surface area contributed by atoms with Gasteiger partial charge in [-0.1, -0.05) is 30.3 Å². The standard InChI is InChI=1S/C18H15NO2/c1-2-21-18-6-4-3-5-16(18)17(20)12-11-14-7-9-15(13-19)10-8-14/h3-12H,2H2,1H3. The molecule has 0 saturated heterocycles. The maximum absolute atomic E-state index is 12.2. The molecule has 0 aromatic heterocycles. The van der Waals surface area contributed by atoms with Gasteiger partial charge in [-0.3, -0.25) is 4.79 Å². The molecule has 2 rings (SSSR count). The molecule has 0 N–H and O–H groups in total. The highest BCUT2D eigenvalue weighted by Crippen LogP contribution is 2.19. The quantitative estimate of drug-likeness (QED) is 0.616. The minimum absolute atomic E-state index is 0.108. The second kappa shape index (κ2) is 7.06. The summed E-state index contributed by atoms with van der Waals surface area (Å²) in [6.07, 6.45) is 3.24. The van der Waals surface area contributed by atoms with E-state index < -0.39 is 0 Å². The Labute approximate surface area is 124 Å². The van der Waals surface area contributed by atoms with Gasteiger partial charge in [-0.05, 0) is 42.8 Å². The summed E-state index contributed by atoms with van der Waals surface area (Å²) in [7, 11) is 0. The Kier molecular flexibility index (Phi) is 4.89. The van der Waals surface area contributed by atoms with E-state index in [1.54, 1.807) is 42.5 Å². The average molecular weight is 277 g/mol. The molecule has 0 radical (unpaired) electrons. The summed E-state index contributed by atoms with van der Waals surface area (Å²) in [6, 6.07) is 16.3. The molecule has 0 spiro atoms. The van der Waals surface area contributed by atoms with Crippen molar-refractivity contribution < 1.29 is 9.53 Å². The van der Waals surface area contributed by atoms with Gasteiger partial charge in [0.1, 0.15) is 5.75 Å². The van der Waals surface area contributed by atoms with Crippen LogP contribution in [0.25, 0.3) is 6.08 Å². The zero-order valence-corrected chi connectivity index (χ0v) is 11.7. The van der Waals surface area contributed by atoms with Gasteiger partial charge < -0.3 is 4.74 Å². The van der Waals surface area contributed by atoms with Crippen molar-refractivity contribution in [3.63, 3.8) is 0 Å². The maximum atomic E-state index is 12.2. The van der Waals surface area contributed by atoms with Gasteiger partial charge in [0.25, 0.3) is 0 Å². The molecular formula is C18H15NO2. The van der Waals surface area contributed by atoms with Crippen molar-refractivity contribution >= 4 is 11.9 Å². The Balaban J connectivity index is 2.17. The van der Waals surface area contributed by atoms with Crippen molar-refractivity contribution in [3.8, 4) is 11.8 Å². The number of ether oxygens (including phenoxy) is 1. The lowest BCUT2D eigenvalue weighted by Crippen LogP contribution is -2.01. The fourth-order valence-electron chi connectivity index (χ4n) is 1.88. The lowest BCUT2D eigenvalue weighted by atomic mass is 10.1. The predicted molar refractivity (Wildman–Crippen MR) is 82.1 cm³/mol. The number of carbonyl (C=O) groups excluding carboxylic acids is 1. The van der Waals surface area contributed by atoms with E-state index in [1.807, 2.05) is 19.1 Å². The van der Waals surface area contributed by atoms with Crippen LogP contribution in [0, 0.1) is 11.3 Å². The first-order valence-corrected chi connectivity index (χ1v) is 6.69. The zero-order chi connectivity index (χ0) is 15.1. The van der Waals surface area contributed by atoms with Crippen molar-refractivity contribution in [1.82, 2.24) is 0 Å². The summed E-state index contributed by atoms with van der Waals surface area (Å²) in [5.74, 6) is 0.484. The molecule has 0 atom stereocenters. The number of allylic oxidation sites excluding steroid dienone is 1. The van der Waals surface area contributed by atoms with E-state index in [4.69, 9.17) is 10.00 Å². The van der Waals surface area contributed by atoms with Crippen LogP contribution < -0.4 is 4.74 Å². The molecule has 0 aliphatic carbocycles. The predicted octanol–water partition coefficient (Wildman–Crippen LogP) is 3.85. The molecule has 2 aromatic rings.